The summed E-state index contributed by atoms with van der Waals surface area (Å²) in [5.41, 5.74) is 9.80. The predicted molar refractivity (Wildman–Crippen MR) is 96.9 cm³/mol. The molecule has 0 saturated carbocycles. The molecule has 3 aromatic rings. The fraction of sp³-hybridized carbons (Fsp3) is 0.238. The van der Waals surface area contributed by atoms with Crippen LogP contribution in [0.25, 0.3) is 0 Å². The van der Waals surface area contributed by atoms with Crippen molar-refractivity contribution in [2.45, 2.75) is 30.8 Å². The molecule has 4 aliphatic rings. The summed E-state index contributed by atoms with van der Waals surface area (Å²) in [5, 5.41) is 0. The quantitative estimate of drug-likeness (QED) is 0.631. The van der Waals surface area contributed by atoms with Gasteiger partial charge in [0.1, 0.15) is 0 Å². The Hall–Kier alpha value is -2.88. The predicted octanol–water partition coefficient (Wildman–Crippen LogP) is 3.71. The molecule has 0 N–H and O–H groups in total. The maximum atomic E-state index is 4.39. The van der Waals surface area contributed by atoms with Crippen LogP contribution in [0.4, 0.5) is 22.7 Å². The molecule has 0 bridgehead atoms. The van der Waals surface area contributed by atoms with Gasteiger partial charge in [-0.3, -0.25) is 9.97 Å². The van der Waals surface area contributed by atoms with Crippen molar-refractivity contribution < 1.29 is 0 Å². The first-order valence-electron chi connectivity index (χ1n) is 8.99. The fourth-order valence-electron chi connectivity index (χ4n) is 5.74. The number of hydrogen-bond acceptors (Lipinski definition) is 4. The number of pyridine rings is 2. The lowest BCUT2D eigenvalue weighted by molar-refractivity contribution is 0.504. The average Bonchev–Trinajstić information content (AvgIpc) is 3.35. The van der Waals surface area contributed by atoms with Gasteiger partial charge in [-0.15, -0.1) is 0 Å². The van der Waals surface area contributed by atoms with Crippen molar-refractivity contribution in [2.75, 3.05) is 9.80 Å². The Balaban J connectivity index is 1.48. The van der Waals surface area contributed by atoms with Crippen LogP contribution < -0.4 is 9.80 Å². The molecule has 2 unspecified atom stereocenters. The Morgan fingerprint density at radius 2 is 1.28 bits per heavy atom. The summed E-state index contributed by atoms with van der Waals surface area (Å²) in [7, 11) is 0. The van der Waals surface area contributed by atoms with E-state index in [9.17, 15) is 0 Å². The SMILES string of the molecule is c1cc2c3c(c1)N1c4cnccc4CC1C3C1Cc3ccncc3N21. The van der Waals surface area contributed by atoms with E-state index in [2.05, 4.69) is 50.1 Å². The van der Waals surface area contributed by atoms with Gasteiger partial charge in [-0.25, -0.2) is 0 Å². The first-order chi connectivity index (χ1) is 12.4. The monoisotopic (exact) mass is 324 g/mol. The second-order valence-corrected chi connectivity index (χ2v) is 7.53. The van der Waals surface area contributed by atoms with Crippen LogP contribution in [0, 0.1) is 0 Å². The van der Waals surface area contributed by atoms with Crippen LogP contribution in [0.3, 0.4) is 0 Å². The number of nitrogens with zero attached hydrogens (tertiary/aromatic N) is 4. The third-order valence-corrected chi connectivity index (χ3v) is 6.56. The molecule has 2 atom stereocenters. The second-order valence-electron chi connectivity index (χ2n) is 7.53. The molecule has 0 fully saturated rings. The Bertz CT molecular complexity index is 980. The highest BCUT2D eigenvalue weighted by Gasteiger charge is 2.55. The molecule has 1 aromatic carbocycles. The Morgan fingerprint density at radius 1 is 0.720 bits per heavy atom. The van der Waals surface area contributed by atoms with Crippen LogP contribution in [0.5, 0.6) is 0 Å². The number of rotatable bonds is 0. The Labute approximate surface area is 145 Å². The first kappa shape index (κ1) is 12.5. The van der Waals surface area contributed by atoms with Gasteiger partial charge in [0, 0.05) is 47.3 Å². The normalized spacial score (nSPS) is 26.3. The molecule has 6 heterocycles. The number of hydrogen-bond donors (Lipinski definition) is 0. The van der Waals surface area contributed by atoms with Crippen molar-refractivity contribution in [3.05, 3.63) is 71.8 Å². The average molecular weight is 324 g/mol. The number of benzene rings is 1. The van der Waals surface area contributed by atoms with Crippen molar-refractivity contribution in [2.24, 2.45) is 0 Å². The maximum absolute atomic E-state index is 4.39. The highest BCUT2D eigenvalue weighted by atomic mass is 15.3. The van der Waals surface area contributed by atoms with E-state index in [0.717, 1.165) is 12.8 Å². The summed E-state index contributed by atoms with van der Waals surface area (Å²) in [6.07, 6.45) is 10.2. The van der Waals surface area contributed by atoms with Crippen LogP contribution in [0.1, 0.15) is 22.6 Å². The zero-order valence-corrected chi connectivity index (χ0v) is 13.6. The van der Waals surface area contributed by atoms with Crippen molar-refractivity contribution in [3.8, 4) is 0 Å². The largest absolute Gasteiger partial charge is 0.336 e. The van der Waals surface area contributed by atoms with Crippen molar-refractivity contribution >= 4 is 22.7 Å². The standard InChI is InChI=1S/C21H16N4/c1-2-14-20-15(3-1)25-17(9-13-5-7-23-11-19(13)25)21(20)16-8-12-4-6-22-10-18(12)24(14)16/h1-7,10-11,16-17,21H,8-9H2. The minimum atomic E-state index is 0.521. The van der Waals surface area contributed by atoms with Crippen molar-refractivity contribution in [1.82, 2.24) is 9.97 Å². The second kappa shape index (κ2) is 4.02. The zero-order valence-electron chi connectivity index (χ0n) is 13.6. The van der Waals surface area contributed by atoms with E-state index in [-0.39, 0.29) is 0 Å². The minimum absolute atomic E-state index is 0.521. The molecule has 4 heteroatoms. The van der Waals surface area contributed by atoms with Crippen molar-refractivity contribution in [1.29, 1.82) is 0 Å². The minimum Gasteiger partial charge on any atom is -0.336 e. The zero-order chi connectivity index (χ0) is 16.1. The van der Waals surface area contributed by atoms with Gasteiger partial charge >= 0.3 is 0 Å². The lowest BCUT2D eigenvalue weighted by atomic mass is 9.87. The maximum Gasteiger partial charge on any atom is 0.0633 e. The molecule has 2 aromatic heterocycles. The third-order valence-electron chi connectivity index (χ3n) is 6.56. The van der Waals surface area contributed by atoms with Gasteiger partial charge in [0.2, 0.25) is 0 Å². The van der Waals surface area contributed by atoms with Gasteiger partial charge in [0.05, 0.1) is 23.8 Å². The topological polar surface area (TPSA) is 32.3 Å². The third kappa shape index (κ3) is 1.30. The van der Waals surface area contributed by atoms with E-state index in [1.165, 1.54) is 33.9 Å². The highest BCUT2D eigenvalue weighted by molar-refractivity contribution is 5.89. The van der Waals surface area contributed by atoms with Gasteiger partial charge in [-0.1, -0.05) is 6.07 Å². The lowest BCUT2D eigenvalue weighted by Gasteiger charge is -2.30. The van der Waals surface area contributed by atoms with Gasteiger partial charge in [0.15, 0.2) is 0 Å². The highest BCUT2D eigenvalue weighted by Crippen LogP contribution is 2.62. The van der Waals surface area contributed by atoms with Crippen LogP contribution in [0.15, 0.2) is 55.1 Å². The van der Waals surface area contributed by atoms with Crippen LogP contribution in [0.2, 0.25) is 0 Å². The van der Waals surface area contributed by atoms with Crippen molar-refractivity contribution in [3.63, 3.8) is 0 Å². The molecule has 0 spiro atoms. The summed E-state index contributed by atoms with van der Waals surface area (Å²) >= 11 is 0. The molecule has 4 aliphatic heterocycles. The van der Waals surface area contributed by atoms with Crippen LogP contribution >= 0.6 is 0 Å². The molecule has 0 radical (unpaired) electrons. The molecule has 0 saturated heterocycles. The molecule has 4 nitrogen and oxygen atoms in total. The van der Waals surface area contributed by atoms with E-state index in [1.54, 1.807) is 5.56 Å². The summed E-state index contributed by atoms with van der Waals surface area (Å²) in [6.45, 7) is 0. The Morgan fingerprint density at radius 3 is 1.84 bits per heavy atom. The van der Waals surface area contributed by atoms with E-state index < -0.39 is 0 Å². The Kier molecular flexibility index (Phi) is 2.01. The van der Waals surface area contributed by atoms with Gasteiger partial charge < -0.3 is 9.80 Å². The van der Waals surface area contributed by atoms with Crippen LogP contribution in [-0.2, 0) is 12.8 Å². The smallest absolute Gasteiger partial charge is 0.0633 e. The van der Waals surface area contributed by atoms with Gasteiger partial charge in [-0.2, -0.15) is 0 Å². The molecular formula is C21H16N4. The summed E-state index contributed by atoms with van der Waals surface area (Å²) in [4.78, 5) is 13.9. The van der Waals surface area contributed by atoms with Gasteiger partial charge in [-0.05, 0) is 48.2 Å². The van der Waals surface area contributed by atoms with E-state index >= 15 is 0 Å². The molecule has 0 amide bonds. The molecular weight excluding hydrogens is 308 g/mol. The summed E-state index contributed by atoms with van der Waals surface area (Å²) in [5.74, 6) is 0.561. The molecule has 120 valence electrons. The number of aromatic nitrogens is 2. The molecule has 7 rings (SSSR count). The summed E-state index contributed by atoms with van der Waals surface area (Å²) < 4.78 is 0. The van der Waals surface area contributed by atoms with E-state index in [1.807, 2.05) is 24.8 Å². The lowest BCUT2D eigenvalue weighted by Crippen LogP contribution is -2.37. The summed E-state index contributed by atoms with van der Waals surface area (Å²) in [6, 6.07) is 12.2. The molecule has 0 aliphatic carbocycles. The molecule has 25 heavy (non-hydrogen) atoms. The van der Waals surface area contributed by atoms with E-state index in [4.69, 9.17) is 0 Å². The number of anilines is 4. The van der Waals surface area contributed by atoms with Crippen LogP contribution in [-0.4, -0.2) is 22.1 Å². The first-order valence-corrected chi connectivity index (χ1v) is 8.99. The fourth-order valence-corrected chi connectivity index (χ4v) is 5.74. The van der Waals surface area contributed by atoms with E-state index in [0.29, 0.717) is 18.0 Å². The number of fused-ring (bicyclic) bond motifs is 10. The van der Waals surface area contributed by atoms with Gasteiger partial charge in [0.25, 0.3) is 0 Å².